The minimum absolute atomic E-state index is 0.293. The normalized spacial score (nSPS) is 20.6. The summed E-state index contributed by atoms with van der Waals surface area (Å²) in [5.41, 5.74) is 1.85. The van der Waals surface area contributed by atoms with Gasteiger partial charge < -0.3 is 9.80 Å². The van der Waals surface area contributed by atoms with Crippen LogP contribution in [0.1, 0.15) is 37.4 Å². The molecule has 2 saturated carbocycles. The van der Waals surface area contributed by atoms with Crippen molar-refractivity contribution in [2.45, 2.75) is 31.6 Å². The summed E-state index contributed by atoms with van der Waals surface area (Å²) in [6.45, 7) is 3.15. The van der Waals surface area contributed by atoms with Gasteiger partial charge in [-0.2, -0.15) is 0 Å². The van der Waals surface area contributed by atoms with Gasteiger partial charge in [0.25, 0.3) is 0 Å². The fraction of sp³-hybridized carbons (Fsp3) is 0.500. The summed E-state index contributed by atoms with van der Waals surface area (Å²) >= 11 is 0. The highest BCUT2D eigenvalue weighted by Crippen LogP contribution is 2.40. The van der Waals surface area contributed by atoms with E-state index in [1.165, 1.54) is 12.8 Å². The van der Waals surface area contributed by atoms with Crippen LogP contribution in [0.15, 0.2) is 24.3 Å². The highest BCUT2D eigenvalue weighted by molar-refractivity contribution is 5.92. The molecule has 6 rings (SSSR count). The number of nitrogens with zero attached hydrogens (tertiary/aromatic N) is 6. The Hall–Kier alpha value is -2.70. The number of fused-ring (bicyclic) bond motifs is 3. The van der Waals surface area contributed by atoms with E-state index in [9.17, 15) is 4.79 Å². The molecule has 138 valence electrons. The molecule has 7 heteroatoms. The second kappa shape index (κ2) is 5.65. The van der Waals surface area contributed by atoms with Gasteiger partial charge >= 0.3 is 0 Å². The maximum absolute atomic E-state index is 12.4. The van der Waals surface area contributed by atoms with E-state index < -0.39 is 0 Å². The molecule has 2 aromatic heterocycles. The largest absolute Gasteiger partial charge is 0.339 e. The van der Waals surface area contributed by atoms with Crippen LogP contribution in [-0.2, 0) is 4.79 Å². The Morgan fingerprint density at radius 3 is 2.48 bits per heavy atom. The lowest BCUT2D eigenvalue weighted by Gasteiger charge is -2.35. The molecular weight excluding hydrogens is 340 g/mol. The summed E-state index contributed by atoms with van der Waals surface area (Å²) in [6.07, 6.45) is 4.49. The van der Waals surface area contributed by atoms with Crippen molar-refractivity contribution in [1.29, 1.82) is 0 Å². The first kappa shape index (κ1) is 15.4. The van der Waals surface area contributed by atoms with Crippen LogP contribution in [0.4, 0.5) is 5.95 Å². The zero-order valence-corrected chi connectivity index (χ0v) is 15.2. The second-order valence-electron chi connectivity index (χ2n) is 8.01. The number of piperazine rings is 1. The number of aromatic nitrogens is 4. The molecule has 3 aliphatic rings. The zero-order valence-electron chi connectivity index (χ0n) is 15.2. The first-order valence-electron chi connectivity index (χ1n) is 9.97. The molecule has 0 spiro atoms. The predicted octanol–water partition coefficient (Wildman–Crippen LogP) is 2.21. The number of carbonyl (C=O) groups excluding carboxylic acids is 1. The van der Waals surface area contributed by atoms with Crippen LogP contribution in [0, 0.1) is 5.92 Å². The van der Waals surface area contributed by atoms with Crippen molar-refractivity contribution in [1.82, 2.24) is 24.5 Å². The molecule has 0 radical (unpaired) electrons. The van der Waals surface area contributed by atoms with Crippen LogP contribution in [0.2, 0.25) is 0 Å². The summed E-state index contributed by atoms with van der Waals surface area (Å²) in [7, 11) is 0. The van der Waals surface area contributed by atoms with E-state index in [2.05, 4.69) is 25.6 Å². The number of para-hydroxylation sites is 1. The van der Waals surface area contributed by atoms with Crippen molar-refractivity contribution < 1.29 is 4.79 Å². The quantitative estimate of drug-likeness (QED) is 0.715. The summed E-state index contributed by atoms with van der Waals surface area (Å²) < 4.78 is 2.17. The maximum Gasteiger partial charge on any atom is 0.225 e. The number of hydrogen-bond donors (Lipinski definition) is 0. The average Bonchev–Trinajstić information content (AvgIpc) is 3.65. The van der Waals surface area contributed by atoms with Gasteiger partial charge in [0, 0.05) is 43.4 Å². The number of anilines is 1. The fourth-order valence-electron chi connectivity index (χ4n) is 4.12. The first-order valence-corrected chi connectivity index (χ1v) is 9.97. The lowest BCUT2D eigenvalue weighted by Crippen LogP contribution is -2.50. The van der Waals surface area contributed by atoms with Crippen molar-refractivity contribution in [3.05, 3.63) is 30.1 Å². The van der Waals surface area contributed by atoms with Gasteiger partial charge in [-0.1, -0.05) is 12.1 Å². The maximum atomic E-state index is 12.4. The minimum atomic E-state index is 0.293. The first-order chi connectivity index (χ1) is 13.3. The summed E-state index contributed by atoms with van der Waals surface area (Å²) in [4.78, 5) is 21.7. The van der Waals surface area contributed by atoms with E-state index in [4.69, 9.17) is 4.98 Å². The van der Waals surface area contributed by atoms with Crippen LogP contribution in [0.25, 0.3) is 16.6 Å². The minimum Gasteiger partial charge on any atom is -0.339 e. The Kier molecular flexibility index (Phi) is 3.21. The van der Waals surface area contributed by atoms with Crippen molar-refractivity contribution in [2.75, 3.05) is 31.1 Å². The molecule has 0 atom stereocenters. The molecule has 0 unspecified atom stereocenters. The molecule has 3 fully saturated rings. The Morgan fingerprint density at radius 1 is 0.963 bits per heavy atom. The van der Waals surface area contributed by atoms with Gasteiger partial charge in [0.2, 0.25) is 11.9 Å². The van der Waals surface area contributed by atoms with E-state index >= 15 is 0 Å². The molecular formula is C20H22N6O. The molecule has 3 aromatic rings. The van der Waals surface area contributed by atoms with Crippen LogP contribution in [0.5, 0.6) is 0 Å². The molecule has 7 nitrogen and oxygen atoms in total. The molecule has 1 saturated heterocycles. The fourth-order valence-corrected chi connectivity index (χ4v) is 4.12. The molecule has 0 N–H and O–H groups in total. The lowest BCUT2D eigenvalue weighted by molar-refractivity contribution is -0.132. The van der Waals surface area contributed by atoms with Gasteiger partial charge in [-0.3, -0.25) is 4.79 Å². The van der Waals surface area contributed by atoms with E-state index in [0.717, 1.165) is 67.3 Å². The summed E-state index contributed by atoms with van der Waals surface area (Å²) in [6, 6.07) is 8.15. The number of carbonyl (C=O) groups is 1. The molecule has 1 amide bonds. The smallest absolute Gasteiger partial charge is 0.225 e. The lowest BCUT2D eigenvalue weighted by atomic mass is 10.2. The van der Waals surface area contributed by atoms with Crippen LogP contribution in [-0.4, -0.2) is 56.6 Å². The van der Waals surface area contributed by atoms with Crippen LogP contribution in [0.3, 0.4) is 0 Å². The SMILES string of the molecule is O=C(C1CC1)N1CCN(c2nc3ccccc3c3nnc(C4CC4)n23)CC1. The van der Waals surface area contributed by atoms with Crippen LogP contribution < -0.4 is 4.90 Å². The van der Waals surface area contributed by atoms with Crippen LogP contribution >= 0.6 is 0 Å². The van der Waals surface area contributed by atoms with Gasteiger partial charge in [-0.15, -0.1) is 10.2 Å². The highest BCUT2D eigenvalue weighted by atomic mass is 16.2. The van der Waals surface area contributed by atoms with Crippen molar-refractivity contribution in [3.63, 3.8) is 0 Å². The number of amides is 1. The third kappa shape index (κ3) is 2.48. The van der Waals surface area contributed by atoms with Gasteiger partial charge in [0.05, 0.1) is 5.52 Å². The number of hydrogen-bond acceptors (Lipinski definition) is 5. The standard InChI is InChI=1S/C20H22N6O/c27-19(14-7-8-14)24-9-11-25(12-10-24)20-21-16-4-2-1-3-15(16)18-23-22-17(26(18)20)13-5-6-13/h1-4,13-14H,5-12H2. The summed E-state index contributed by atoms with van der Waals surface area (Å²) in [5.74, 6) is 3.10. The van der Waals surface area contributed by atoms with E-state index in [1.807, 2.05) is 23.1 Å². The number of benzene rings is 1. The number of rotatable bonds is 3. The molecule has 0 bridgehead atoms. The van der Waals surface area contributed by atoms with Crippen molar-refractivity contribution in [2.24, 2.45) is 5.92 Å². The van der Waals surface area contributed by atoms with Gasteiger partial charge in [0.1, 0.15) is 5.82 Å². The monoisotopic (exact) mass is 362 g/mol. The molecule has 3 heterocycles. The van der Waals surface area contributed by atoms with E-state index in [0.29, 0.717) is 17.7 Å². The average molecular weight is 362 g/mol. The third-order valence-corrected chi connectivity index (χ3v) is 6.00. The molecule has 1 aliphatic heterocycles. The zero-order chi connectivity index (χ0) is 18.0. The third-order valence-electron chi connectivity index (χ3n) is 6.00. The van der Waals surface area contributed by atoms with Crippen molar-refractivity contribution in [3.8, 4) is 0 Å². The van der Waals surface area contributed by atoms with E-state index in [1.54, 1.807) is 0 Å². The Bertz CT molecular complexity index is 1040. The van der Waals surface area contributed by atoms with E-state index in [-0.39, 0.29) is 0 Å². The molecule has 1 aromatic carbocycles. The van der Waals surface area contributed by atoms with Gasteiger partial charge in [-0.05, 0) is 37.8 Å². The Balaban J connectivity index is 1.41. The van der Waals surface area contributed by atoms with Gasteiger partial charge in [-0.25, -0.2) is 9.38 Å². The van der Waals surface area contributed by atoms with Crippen molar-refractivity contribution >= 4 is 28.4 Å². The highest BCUT2D eigenvalue weighted by Gasteiger charge is 2.36. The Morgan fingerprint density at radius 2 is 1.74 bits per heavy atom. The summed E-state index contributed by atoms with van der Waals surface area (Å²) in [5, 5.41) is 10.1. The van der Waals surface area contributed by atoms with Gasteiger partial charge in [0.15, 0.2) is 5.65 Å². The second-order valence-corrected chi connectivity index (χ2v) is 8.01. The topological polar surface area (TPSA) is 66.6 Å². The molecule has 27 heavy (non-hydrogen) atoms. The predicted molar refractivity (Wildman–Crippen MR) is 102 cm³/mol. The molecule has 2 aliphatic carbocycles. The Labute approximate surface area is 157 Å².